The summed E-state index contributed by atoms with van der Waals surface area (Å²) in [5, 5.41) is 2.59. The van der Waals surface area contributed by atoms with Gasteiger partial charge in [0.1, 0.15) is 5.82 Å². The van der Waals surface area contributed by atoms with Gasteiger partial charge in [0.25, 0.3) is 5.91 Å². The third kappa shape index (κ3) is 3.25. The molecule has 4 nitrogen and oxygen atoms in total. The summed E-state index contributed by atoms with van der Waals surface area (Å²) in [5.41, 5.74) is 1.52. The number of carbonyl (C=O) groups excluding carboxylic acids is 2. The molecule has 0 atom stereocenters. The zero-order valence-electron chi connectivity index (χ0n) is 11.6. The molecule has 0 saturated heterocycles. The SMILES string of the molecule is COC(=O)c1ccc(NC(=O)c2ccccc2F)cc1C. The molecule has 0 bridgehead atoms. The fourth-order valence-corrected chi connectivity index (χ4v) is 1.92. The van der Waals surface area contributed by atoms with E-state index in [2.05, 4.69) is 10.1 Å². The number of hydrogen-bond acceptors (Lipinski definition) is 3. The first-order valence-corrected chi connectivity index (χ1v) is 6.27. The standard InChI is InChI=1S/C16H14FNO3/c1-10-9-11(7-8-12(10)16(20)21-2)18-15(19)13-5-3-4-6-14(13)17/h3-9H,1-2H3,(H,18,19). The van der Waals surface area contributed by atoms with Gasteiger partial charge in [0.15, 0.2) is 0 Å². The van der Waals surface area contributed by atoms with Crippen molar-refractivity contribution in [1.82, 2.24) is 0 Å². The Morgan fingerprint density at radius 2 is 1.81 bits per heavy atom. The molecule has 2 aromatic rings. The maximum Gasteiger partial charge on any atom is 0.338 e. The van der Waals surface area contributed by atoms with Crippen LogP contribution in [0.5, 0.6) is 0 Å². The Morgan fingerprint density at radius 3 is 2.43 bits per heavy atom. The number of anilines is 1. The summed E-state index contributed by atoms with van der Waals surface area (Å²) in [6.07, 6.45) is 0. The average Bonchev–Trinajstić information content (AvgIpc) is 2.47. The summed E-state index contributed by atoms with van der Waals surface area (Å²) in [4.78, 5) is 23.5. The average molecular weight is 287 g/mol. The second-order valence-corrected chi connectivity index (χ2v) is 4.46. The van der Waals surface area contributed by atoms with E-state index in [0.717, 1.165) is 0 Å². The molecule has 2 rings (SSSR count). The van der Waals surface area contributed by atoms with E-state index in [0.29, 0.717) is 16.8 Å². The first kappa shape index (κ1) is 14.7. The van der Waals surface area contributed by atoms with E-state index in [1.807, 2.05) is 0 Å². The Bertz CT molecular complexity index is 698. The van der Waals surface area contributed by atoms with E-state index in [4.69, 9.17) is 0 Å². The minimum Gasteiger partial charge on any atom is -0.465 e. The second-order valence-electron chi connectivity index (χ2n) is 4.46. The number of amides is 1. The Labute approximate surface area is 121 Å². The Hall–Kier alpha value is -2.69. The van der Waals surface area contributed by atoms with Crippen LogP contribution in [0, 0.1) is 12.7 Å². The van der Waals surface area contributed by atoms with Crippen LogP contribution in [0.1, 0.15) is 26.3 Å². The zero-order valence-corrected chi connectivity index (χ0v) is 11.6. The molecule has 0 saturated carbocycles. The van der Waals surface area contributed by atoms with Gasteiger partial charge in [-0.05, 0) is 42.8 Å². The van der Waals surface area contributed by atoms with Gasteiger partial charge in [-0.2, -0.15) is 0 Å². The normalized spacial score (nSPS) is 10.0. The largest absolute Gasteiger partial charge is 0.465 e. The highest BCUT2D eigenvalue weighted by molar-refractivity contribution is 6.04. The summed E-state index contributed by atoms with van der Waals surface area (Å²) >= 11 is 0. The lowest BCUT2D eigenvalue weighted by atomic mass is 10.1. The van der Waals surface area contributed by atoms with Crippen molar-refractivity contribution in [3.63, 3.8) is 0 Å². The molecule has 0 aliphatic heterocycles. The van der Waals surface area contributed by atoms with Gasteiger partial charge in [-0.1, -0.05) is 12.1 Å². The van der Waals surface area contributed by atoms with Crippen molar-refractivity contribution in [1.29, 1.82) is 0 Å². The van der Waals surface area contributed by atoms with Crippen molar-refractivity contribution in [3.05, 3.63) is 65.0 Å². The molecule has 0 aliphatic rings. The lowest BCUT2D eigenvalue weighted by Crippen LogP contribution is -2.14. The molecule has 0 unspecified atom stereocenters. The van der Waals surface area contributed by atoms with E-state index < -0.39 is 17.7 Å². The van der Waals surface area contributed by atoms with Gasteiger partial charge >= 0.3 is 5.97 Å². The fraction of sp³-hybridized carbons (Fsp3) is 0.125. The third-order valence-corrected chi connectivity index (χ3v) is 3.01. The predicted octanol–water partition coefficient (Wildman–Crippen LogP) is 3.17. The number of halogens is 1. The second kappa shape index (κ2) is 6.17. The third-order valence-electron chi connectivity index (χ3n) is 3.01. The van der Waals surface area contributed by atoms with Crippen molar-refractivity contribution in [2.45, 2.75) is 6.92 Å². The fourth-order valence-electron chi connectivity index (χ4n) is 1.92. The lowest BCUT2D eigenvalue weighted by molar-refractivity contribution is 0.0600. The van der Waals surface area contributed by atoms with Gasteiger partial charge in [-0.25, -0.2) is 9.18 Å². The van der Waals surface area contributed by atoms with Crippen LogP contribution >= 0.6 is 0 Å². The van der Waals surface area contributed by atoms with Crippen LogP contribution in [0.3, 0.4) is 0 Å². The minimum atomic E-state index is -0.585. The van der Waals surface area contributed by atoms with Crippen molar-refractivity contribution >= 4 is 17.6 Å². The zero-order chi connectivity index (χ0) is 15.4. The molecule has 0 fully saturated rings. The van der Waals surface area contributed by atoms with Gasteiger partial charge < -0.3 is 10.1 Å². The van der Waals surface area contributed by atoms with Crippen LogP contribution in [-0.4, -0.2) is 19.0 Å². The number of carbonyl (C=O) groups is 2. The molecule has 108 valence electrons. The molecular weight excluding hydrogens is 273 g/mol. The predicted molar refractivity (Wildman–Crippen MR) is 76.9 cm³/mol. The Kier molecular flexibility index (Phi) is 4.33. The molecule has 21 heavy (non-hydrogen) atoms. The van der Waals surface area contributed by atoms with E-state index in [1.165, 1.54) is 25.3 Å². The molecule has 5 heteroatoms. The molecule has 1 N–H and O–H groups in total. The number of ether oxygens (including phenoxy) is 1. The maximum absolute atomic E-state index is 13.5. The molecule has 0 aliphatic carbocycles. The molecule has 1 amide bonds. The lowest BCUT2D eigenvalue weighted by Gasteiger charge is -2.09. The molecular formula is C16H14FNO3. The highest BCUT2D eigenvalue weighted by atomic mass is 19.1. The highest BCUT2D eigenvalue weighted by Crippen LogP contribution is 2.17. The molecule has 0 spiro atoms. The number of methoxy groups -OCH3 is 1. The van der Waals surface area contributed by atoms with E-state index in [9.17, 15) is 14.0 Å². The number of rotatable bonds is 3. The topological polar surface area (TPSA) is 55.4 Å². The van der Waals surface area contributed by atoms with Gasteiger partial charge in [0, 0.05) is 5.69 Å². The van der Waals surface area contributed by atoms with Crippen molar-refractivity contribution < 1.29 is 18.7 Å². The van der Waals surface area contributed by atoms with Gasteiger partial charge in [-0.3, -0.25) is 4.79 Å². The minimum absolute atomic E-state index is 0.0350. The van der Waals surface area contributed by atoms with Crippen LogP contribution < -0.4 is 5.32 Å². The van der Waals surface area contributed by atoms with Crippen LogP contribution in [0.25, 0.3) is 0 Å². The first-order valence-electron chi connectivity index (χ1n) is 6.27. The number of aryl methyl sites for hydroxylation is 1. The quantitative estimate of drug-likeness (QED) is 0.882. The number of nitrogens with one attached hydrogen (secondary N) is 1. The summed E-state index contributed by atoms with van der Waals surface area (Å²) in [5.74, 6) is -1.57. The van der Waals surface area contributed by atoms with Crippen molar-refractivity contribution in [2.75, 3.05) is 12.4 Å². The Balaban J connectivity index is 2.21. The smallest absolute Gasteiger partial charge is 0.338 e. The number of hydrogen-bond donors (Lipinski definition) is 1. The van der Waals surface area contributed by atoms with Gasteiger partial charge in [0.2, 0.25) is 0 Å². The van der Waals surface area contributed by atoms with E-state index in [-0.39, 0.29) is 5.56 Å². The first-order chi connectivity index (χ1) is 10.0. The molecule has 2 aromatic carbocycles. The van der Waals surface area contributed by atoms with Gasteiger partial charge in [0.05, 0.1) is 18.2 Å². The van der Waals surface area contributed by atoms with Crippen LogP contribution in [-0.2, 0) is 4.74 Å². The van der Waals surface area contributed by atoms with Crippen LogP contribution in [0.4, 0.5) is 10.1 Å². The van der Waals surface area contributed by atoms with Crippen LogP contribution in [0.15, 0.2) is 42.5 Å². The summed E-state index contributed by atoms with van der Waals surface area (Å²) < 4.78 is 18.2. The van der Waals surface area contributed by atoms with Crippen LogP contribution in [0.2, 0.25) is 0 Å². The Morgan fingerprint density at radius 1 is 1.10 bits per heavy atom. The monoisotopic (exact) mass is 287 g/mol. The molecule has 0 radical (unpaired) electrons. The van der Waals surface area contributed by atoms with E-state index in [1.54, 1.807) is 31.2 Å². The summed E-state index contributed by atoms with van der Waals surface area (Å²) in [6.45, 7) is 1.73. The number of benzene rings is 2. The van der Waals surface area contributed by atoms with Gasteiger partial charge in [-0.15, -0.1) is 0 Å². The van der Waals surface area contributed by atoms with Crippen molar-refractivity contribution in [2.24, 2.45) is 0 Å². The summed E-state index contributed by atoms with van der Waals surface area (Å²) in [6, 6.07) is 10.5. The highest BCUT2D eigenvalue weighted by Gasteiger charge is 2.13. The van der Waals surface area contributed by atoms with E-state index >= 15 is 0 Å². The van der Waals surface area contributed by atoms with Crippen molar-refractivity contribution in [3.8, 4) is 0 Å². The maximum atomic E-state index is 13.5. The summed E-state index contributed by atoms with van der Waals surface area (Å²) in [7, 11) is 1.30. The molecule has 0 heterocycles. The molecule has 0 aromatic heterocycles. The number of esters is 1.